The summed E-state index contributed by atoms with van der Waals surface area (Å²) in [5.41, 5.74) is 11.6. The zero-order valence-corrected chi connectivity index (χ0v) is 79.9. The van der Waals surface area contributed by atoms with Crippen LogP contribution in [0.3, 0.4) is 0 Å². The molecule has 776 valence electrons. The van der Waals surface area contributed by atoms with Crippen LogP contribution in [0.15, 0.2) is 30.3 Å². The fraction of sp³-hybridized carbons (Fsp3) is 0.651. The van der Waals surface area contributed by atoms with Gasteiger partial charge in [0.25, 0.3) is 0 Å². The fourth-order valence-electron chi connectivity index (χ4n) is 14.6. The molecule has 17 amide bonds. The van der Waals surface area contributed by atoms with Gasteiger partial charge in [0.05, 0.1) is 25.7 Å². The lowest BCUT2D eigenvalue weighted by atomic mass is 9.97. The summed E-state index contributed by atoms with van der Waals surface area (Å²) in [6.45, 7) is 12.2. The van der Waals surface area contributed by atoms with E-state index in [4.69, 9.17) is 16.9 Å². The molecule has 0 radical (unpaired) electrons. The molecule has 53 heteroatoms. The average molecular weight is 1990 g/mol. The minimum absolute atomic E-state index is 0.0197. The monoisotopic (exact) mass is 1990 g/mol. The number of benzene rings is 1. The molecule has 0 spiro atoms. The number of nitrogens with two attached hydrogens (primary N) is 2. The topological polar surface area (TPSA) is 829 Å². The Morgan fingerprint density at radius 2 is 0.770 bits per heavy atom. The number of carbonyl (C=O) groups is 23. The maximum absolute atomic E-state index is 15.1. The molecule has 2 fully saturated rings. The Kier molecular flexibility index (Phi) is 51.3. The molecular formula is C86H135N21O31S. The Labute approximate surface area is 806 Å². The van der Waals surface area contributed by atoms with E-state index >= 15 is 4.79 Å². The first kappa shape index (κ1) is 120. The molecule has 0 unspecified atom stereocenters. The minimum atomic E-state index is -2.01. The highest BCUT2D eigenvalue weighted by atomic mass is 32.1. The number of aliphatic hydroxyl groups is 2. The van der Waals surface area contributed by atoms with Crippen LogP contribution in [-0.2, 0) is 117 Å². The summed E-state index contributed by atoms with van der Waals surface area (Å²) in [6, 6.07) is -21.2. The molecule has 2 heterocycles. The predicted octanol–water partition coefficient (Wildman–Crippen LogP) is -7.55. The number of nitrogens with one attached hydrogen (secondary N) is 17. The van der Waals surface area contributed by atoms with Gasteiger partial charge >= 0.3 is 35.8 Å². The van der Waals surface area contributed by atoms with E-state index < -0.39 is 346 Å². The van der Waals surface area contributed by atoms with Crippen LogP contribution in [0, 0.1) is 29.1 Å². The fourth-order valence-corrected chi connectivity index (χ4v) is 14.8. The van der Waals surface area contributed by atoms with E-state index in [-0.39, 0.29) is 76.8 Å². The van der Waals surface area contributed by atoms with Gasteiger partial charge < -0.3 is 147 Å². The van der Waals surface area contributed by atoms with Crippen molar-refractivity contribution in [3.63, 3.8) is 0 Å². The van der Waals surface area contributed by atoms with Gasteiger partial charge in [-0.05, 0) is 114 Å². The molecule has 0 aromatic heterocycles. The molecule has 0 saturated carbocycles. The number of hydrogen-bond donors (Lipinski definition) is 28. The van der Waals surface area contributed by atoms with Crippen LogP contribution < -0.4 is 96.5 Å². The SMILES string of the molecule is CC[C@H](C)[C@H](NC(=O)[C@H](CO)NC(=O)[C@H](CCC(=O)O)NC(=O)[C@@H]1CCCN1C(=O)[C@H](C)NC(=O)[C@@H](N)CS)C(=O)N[C@@H](CCC(=O)O)C(=O)N[C@@H](Cc1ccccc1)C(=O)N1CCC[C@H]1C(=O)N[C@H](C(=O)N[C@@H](CO)C(=O)N[C@@H](CCC(=O)O)C(=O)N[C@@H](C)C(=O)N[C@@H](CCCNC(=N)N)C(=O)N[C@H](C(=O)N[C@@H](CC(C)C)C(=O)N[C@@H](CCC(=O)O)C(=O)N[C@@H](CC(=O)O)C(=O)O)C(C)C)C(C)C. The number of nitrogens with zero attached hydrogens (tertiary/aromatic N) is 2. The number of aliphatic hydroxyl groups excluding tert-OH is 2. The molecular weight excluding hydrogens is 1860 g/mol. The average Bonchev–Trinajstić information content (AvgIpc) is 1.72. The first-order chi connectivity index (χ1) is 65.2. The summed E-state index contributed by atoms with van der Waals surface area (Å²) in [5.74, 6) is -30.7. The number of carboxylic acid groups (broad SMARTS) is 6. The number of aliphatic carboxylic acids is 6. The second kappa shape index (κ2) is 59.6. The quantitative estimate of drug-likeness (QED) is 0.0125. The molecule has 1 aromatic rings. The lowest BCUT2D eigenvalue weighted by Gasteiger charge is -2.32. The van der Waals surface area contributed by atoms with Gasteiger partial charge in [-0.25, -0.2) is 4.79 Å². The van der Waals surface area contributed by atoms with Gasteiger partial charge in [0, 0.05) is 57.5 Å². The first-order valence-electron chi connectivity index (χ1n) is 45.4. The molecule has 139 heavy (non-hydrogen) atoms. The van der Waals surface area contributed by atoms with E-state index in [2.05, 4.69) is 92.4 Å². The van der Waals surface area contributed by atoms with E-state index in [1.807, 2.05) is 5.32 Å². The normalized spacial score (nSPS) is 17.0. The predicted molar refractivity (Wildman–Crippen MR) is 491 cm³/mol. The van der Waals surface area contributed by atoms with Gasteiger partial charge in [-0.2, -0.15) is 12.6 Å². The van der Waals surface area contributed by atoms with Crippen LogP contribution in [0.5, 0.6) is 0 Å². The van der Waals surface area contributed by atoms with Crippen molar-refractivity contribution in [3.05, 3.63) is 35.9 Å². The van der Waals surface area contributed by atoms with Crippen LogP contribution >= 0.6 is 12.6 Å². The van der Waals surface area contributed by atoms with Gasteiger partial charge in [-0.3, -0.25) is 111 Å². The summed E-state index contributed by atoms with van der Waals surface area (Å²) >= 11 is 3.99. The van der Waals surface area contributed by atoms with Crippen molar-refractivity contribution in [1.82, 2.24) is 94.9 Å². The lowest BCUT2D eigenvalue weighted by Crippen LogP contribution is -2.62. The Bertz CT molecular complexity index is 4510. The zero-order valence-electron chi connectivity index (χ0n) is 79.0. The van der Waals surface area contributed by atoms with Crippen molar-refractivity contribution < 1.29 is 151 Å². The van der Waals surface area contributed by atoms with E-state index in [1.165, 1.54) is 41.5 Å². The van der Waals surface area contributed by atoms with Gasteiger partial charge in [-0.1, -0.05) is 92.1 Å². The Balaban J connectivity index is 1.89. The largest absolute Gasteiger partial charge is 0.481 e. The summed E-state index contributed by atoms with van der Waals surface area (Å²) in [6.07, 6.45) is -6.90. The first-order valence-corrected chi connectivity index (χ1v) is 46.0. The maximum atomic E-state index is 15.1. The van der Waals surface area contributed by atoms with E-state index in [0.717, 1.165) is 16.7 Å². The van der Waals surface area contributed by atoms with Crippen LogP contribution in [-0.4, -0.2) is 340 Å². The van der Waals surface area contributed by atoms with E-state index in [0.29, 0.717) is 12.0 Å². The molecule has 52 nitrogen and oxygen atoms in total. The number of hydrogen-bond acceptors (Lipinski definition) is 28. The van der Waals surface area contributed by atoms with E-state index in [9.17, 15) is 146 Å². The molecule has 1 aromatic carbocycles. The van der Waals surface area contributed by atoms with Crippen molar-refractivity contribution in [2.45, 2.75) is 294 Å². The van der Waals surface area contributed by atoms with Crippen LogP contribution in [0.1, 0.15) is 184 Å². The molecule has 2 aliphatic rings. The van der Waals surface area contributed by atoms with Gasteiger partial charge in [0.2, 0.25) is 100 Å². The molecule has 0 bridgehead atoms. The van der Waals surface area contributed by atoms with Crippen LogP contribution in [0.25, 0.3) is 0 Å². The number of rotatable bonds is 62. The summed E-state index contributed by atoms with van der Waals surface area (Å²) < 4.78 is 0. The lowest BCUT2D eigenvalue weighted by molar-refractivity contribution is -0.147. The zero-order chi connectivity index (χ0) is 105. The third kappa shape index (κ3) is 41.0. The van der Waals surface area contributed by atoms with E-state index in [1.54, 1.807) is 51.1 Å². The van der Waals surface area contributed by atoms with Crippen LogP contribution in [0.2, 0.25) is 0 Å². The molecule has 29 N–H and O–H groups in total. The maximum Gasteiger partial charge on any atom is 0.326 e. The number of likely N-dealkylation sites (tertiary alicyclic amines) is 2. The van der Waals surface area contributed by atoms with Gasteiger partial charge in [0.1, 0.15) is 103 Å². The number of thiol groups is 1. The molecule has 0 aliphatic carbocycles. The summed E-state index contributed by atoms with van der Waals surface area (Å²) in [4.78, 5) is 313. The van der Waals surface area contributed by atoms with Crippen molar-refractivity contribution in [2.24, 2.45) is 35.1 Å². The molecule has 2 aliphatic heterocycles. The standard InChI is InChI=1S/C86H135N21O31S/c1-11-43(8)67(105-77(129)57(38-109)101-73(125)51(25-29-62(114)115)96-78(130)58-21-16-32-106(58)83(135)45(10)92-69(121)47(87)39-139)82(134)97-52(26-30-63(116)117)71(123)99-54(35-46-18-13-12-14-19-46)84(136)107-33-17-22-59(107)79(131)104-66(42(6)7)81(133)102-56(37-108)76(128)95-49(23-27-60(110)111)70(122)91-44(9)68(120)93-48(20-15-31-90-86(88)89)74(126)103-65(41(4)5)80(132)98-53(34-40(2)3)75(127)94-50(24-28-61(112)113)72(124)100-55(85(137)138)36-64(118)119/h12-14,18-19,40-45,47-59,65-67,108-109,139H,11,15-17,20-39,87H2,1-10H3,(H,91,122)(H,92,121)(H,93,120)(H,94,127)(H,95,128)(H,96,130)(H,97,134)(H,98,132)(H,99,123)(H,100,124)(H,101,125)(H,102,133)(H,103,126)(H,104,131)(H,105,129)(H,110,111)(H,112,113)(H,114,115)(H,116,117)(H,118,119)(H,137,138)(H4,88,89,90)/t43-,44-,45-,47-,48-,49-,50-,51-,52-,53-,54-,55-,56-,57-,58-,59-,65-,66-,67-/m0/s1. The van der Waals surface area contributed by atoms with Crippen LogP contribution in [0.4, 0.5) is 0 Å². The van der Waals surface area contributed by atoms with Crippen molar-refractivity contribution in [1.29, 1.82) is 5.41 Å². The van der Waals surface area contributed by atoms with Gasteiger partial charge in [-0.15, -0.1) is 0 Å². The highest BCUT2D eigenvalue weighted by molar-refractivity contribution is 7.80. The highest BCUT2D eigenvalue weighted by Crippen LogP contribution is 2.24. The van der Waals surface area contributed by atoms with Crippen molar-refractivity contribution in [2.75, 3.05) is 38.6 Å². The Morgan fingerprint density at radius 3 is 1.21 bits per heavy atom. The number of amides is 17. The van der Waals surface area contributed by atoms with Crippen molar-refractivity contribution in [3.8, 4) is 0 Å². The summed E-state index contributed by atoms with van der Waals surface area (Å²) in [7, 11) is 0. The number of carboxylic acids is 6. The molecule has 3 rings (SSSR count). The smallest absolute Gasteiger partial charge is 0.326 e. The Morgan fingerprint density at radius 1 is 0.410 bits per heavy atom. The summed E-state index contributed by atoms with van der Waals surface area (Å²) in [5, 5.41) is 124. The second-order valence-corrected chi connectivity index (χ2v) is 35.3. The molecule has 19 atom stereocenters. The number of carbonyl (C=O) groups excluding carboxylic acids is 17. The Hall–Kier alpha value is -13.5. The van der Waals surface area contributed by atoms with Crippen molar-refractivity contribution >= 4 is 155 Å². The molecule has 2 saturated heterocycles. The third-order valence-corrected chi connectivity index (χ3v) is 23.0. The minimum Gasteiger partial charge on any atom is -0.481 e. The highest BCUT2D eigenvalue weighted by Gasteiger charge is 2.45. The number of guanidine groups is 1. The second-order valence-electron chi connectivity index (χ2n) is 34.9. The van der Waals surface area contributed by atoms with Gasteiger partial charge in [0.15, 0.2) is 5.96 Å². The third-order valence-electron chi connectivity index (χ3n) is 22.6.